The molecule has 0 fully saturated rings. The van der Waals surface area contributed by atoms with Crippen molar-refractivity contribution in [2.75, 3.05) is 11.9 Å². The van der Waals surface area contributed by atoms with E-state index >= 15 is 0 Å². The van der Waals surface area contributed by atoms with E-state index in [0.717, 1.165) is 15.8 Å². The minimum atomic E-state index is -0.225. The Bertz CT molecular complexity index is 1160. The number of amides is 1. The zero-order valence-electron chi connectivity index (χ0n) is 16.0. The number of nitrogens with one attached hydrogen (secondary N) is 1. The van der Waals surface area contributed by atoms with Crippen LogP contribution in [0.25, 0.3) is 10.2 Å². The first-order chi connectivity index (χ1) is 14.2. The normalized spacial score (nSPS) is 10.7. The molecule has 0 aliphatic carbocycles. The third kappa shape index (κ3) is 3.90. The van der Waals surface area contributed by atoms with Crippen molar-refractivity contribution in [2.24, 2.45) is 0 Å². The summed E-state index contributed by atoms with van der Waals surface area (Å²) in [5, 5.41) is 3.73. The number of hydrogen-bond acceptors (Lipinski definition) is 6. The molecule has 4 aromatic rings. The minimum Gasteiger partial charge on any atom is -0.477 e. The fourth-order valence-electron chi connectivity index (χ4n) is 2.96. The van der Waals surface area contributed by atoms with Crippen molar-refractivity contribution >= 4 is 33.1 Å². The van der Waals surface area contributed by atoms with Crippen LogP contribution in [0.5, 0.6) is 17.4 Å². The van der Waals surface area contributed by atoms with E-state index in [1.807, 2.05) is 68.4 Å². The summed E-state index contributed by atoms with van der Waals surface area (Å²) in [5.41, 5.74) is 1.39. The fourth-order valence-corrected chi connectivity index (χ4v) is 3.99. The Kier molecular flexibility index (Phi) is 5.39. The van der Waals surface area contributed by atoms with E-state index in [2.05, 4.69) is 15.3 Å². The number of nitrogens with zero attached hydrogens (tertiary/aromatic N) is 2. The van der Waals surface area contributed by atoms with Gasteiger partial charge in [-0.05, 0) is 43.7 Å². The molecule has 0 saturated carbocycles. The number of benzene rings is 2. The van der Waals surface area contributed by atoms with E-state index in [4.69, 9.17) is 9.47 Å². The number of aromatic nitrogens is 2. The molecule has 6 nitrogen and oxygen atoms in total. The molecule has 0 aliphatic heterocycles. The first-order valence-electron chi connectivity index (χ1n) is 9.17. The molecule has 2 aromatic carbocycles. The molecule has 29 heavy (non-hydrogen) atoms. The molecule has 146 valence electrons. The number of aryl methyl sites for hydroxylation is 1. The lowest BCUT2D eigenvalue weighted by Gasteiger charge is -2.12. The van der Waals surface area contributed by atoms with Crippen molar-refractivity contribution in [3.8, 4) is 17.4 Å². The molecular weight excluding hydrogens is 386 g/mol. The van der Waals surface area contributed by atoms with Gasteiger partial charge in [-0.15, -0.1) is 11.3 Å². The van der Waals surface area contributed by atoms with E-state index in [1.165, 1.54) is 17.7 Å². The number of thiophene rings is 1. The largest absolute Gasteiger partial charge is 0.477 e. The van der Waals surface area contributed by atoms with Crippen LogP contribution >= 0.6 is 11.3 Å². The lowest BCUT2D eigenvalue weighted by molar-refractivity contribution is 0.103. The highest BCUT2D eigenvalue weighted by Gasteiger charge is 2.21. The highest BCUT2D eigenvalue weighted by Crippen LogP contribution is 2.36. The number of para-hydroxylation sites is 3. The number of carbonyl (C=O) groups excluding carboxylic acids is 1. The second kappa shape index (κ2) is 8.28. The molecule has 1 N–H and O–H groups in total. The van der Waals surface area contributed by atoms with Crippen LogP contribution in [-0.2, 0) is 0 Å². The molecule has 0 unspecified atom stereocenters. The molecular formula is C22H19N3O3S. The van der Waals surface area contributed by atoms with Gasteiger partial charge in [-0.2, -0.15) is 0 Å². The molecule has 0 atom stereocenters. The van der Waals surface area contributed by atoms with Gasteiger partial charge in [-0.1, -0.05) is 30.3 Å². The second-order valence-electron chi connectivity index (χ2n) is 6.21. The van der Waals surface area contributed by atoms with Crippen LogP contribution in [-0.4, -0.2) is 22.5 Å². The lowest BCUT2D eigenvalue weighted by Crippen LogP contribution is -2.12. The topological polar surface area (TPSA) is 73.3 Å². The maximum Gasteiger partial charge on any atom is 0.266 e. The maximum absolute atomic E-state index is 13.0. The first-order valence-corrected chi connectivity index (χ1v) is 9.99. The summed E-state index contributed by atoms with van der Waals surface area (Å²) in [6.07, 6.45) is 1.45. The van der Waals surface area contributed by atoms with Gasteiger partial charge < -0.3 is 14.8 Å². The Morgan fingerprint density at radius 2 is 1.83 bits per heavy atom. The SMILES string of the molecule is CCOc1ncnc2sc(C(=O)Nc3ccccc3Oc3ccccc3)c(C)c12. The number of rotatable bonds is 6. The highest BCUT2D eigenvalue weighted by atomic mass is 32.1. The van der Waals surface area contributed by atoms with E-state index < -0.39 is 0 Å². The van der Waals surface area contributed by atoms with E-state index in [-0.39, 0.29) is 5.91 Å². The summed E-state index contributed by atoms with van der Waals surface area (Å²) in [6, 6.07) is 16.8. The zero-order valence-corrected chi connectivity index (χ0v) is 16.8. The van der Waals surface area contributed by atoms with Gasteiger partial charge in [0.25, 0.3) is 5.91 Å². The third-order valence-electron chi connectivity index (χ3n) is 4.29. The summed E-state index contributed by atoms with van der Waals surface area (Å²) < 4.78 is 11.5. The van der Waals surface area contributed by atoms with Gasteiger partial charge in [0.2, 0.25) is 5.88 Å². The summed E-state index contributed by atoms with van der Waals surface area (Å²) in [5.74, 6) is 1.54. The number of ether oxygens (including phenoxy) is 2. The van der Waals surface area contributed by atoms with Crippen molar-refractivity contribution in [1.82, 2.24) is 9.97 Å². The quantitative estimate of drug-likeness (QED) is 0.462. The number of fused-ring (bicyclic) bond motifs is 1. The van der Waals surface area contributed by atoms with E-state index in [9.17, 15) is 4.79 Å². The average Bonchev–Trinajstić information content (AvgIpc) is 3.08. The van der Waals surface area contributed by atoms with Crippen LogP contribution in [0.2, 0.25) is 0 Å². The molecule has 2 aromatic heterocycles. The number of hydrogen-bond donors (Lipinski definition) is 1. The molecule has 1 amide bonds. The Balaban J connectivity index is 1.64. The van der Waals surface area contributed by atoms with Gasteiger partial charge >= 0.3 is 0 Å². The number of carbonyl (C=O) groups is 1. The number of anilines is 1. The standard InChI is InChI=1S/C22H19N3O3S/c1-3-27-21-18-14(2)19(29-22(18)24-13-23-21)20(26)25-16-11-7-8-12-17(16)28-15-9-5-4-6-10-15/h4-13H,3H2,1-2H3,(H,25,26). The van der Waals surface area contributed by atoms with Crippen LogP contribution in [0.3, 0.4) is 0 Å². The Morgan fingerprint density at radius 3 is 2.62 bits per heavy atom. The van der Waals surface area contributed by atoms with Crippen molar-refractivity contribution in [1.29, 1.82) is 0 Å². The smallest absolute Gasteiger partial charge is 0.266 e. The van der Waals surface area contributed by atoms with Crippen molar-refractivity contribution in [3.05, 3.63) is 71.4 Å². The van der Waals surface area contributed by atoms with Crippen LogP contribution in [0.1, 0.15) is 22.2 Å². The van der Waals surface area contributed by atoms with E-state index in [0.29, 0.717) is 34.6 Å². The monoisotopic (exact) mass is 405 g/mol. The molecule has 7 heteroatoms. The van der Waals surface area contributed by atoms with Gasteiger partial charge in [0.1, 0.15) is 16.9 Å². The molecule has 0 aliphatic rings. The summed E-state index contributed by atoms with van der Waals surface area (Å²) in [6.45, 7) is 4.27. The van der Waals surface area contributed by atoms with Gasteiger partial charge in [-0.3, -0.25) is 4.79 Å². The van der Waals surface area contributed by atoms with Gasteiger partial charge in [0.15, 0.2) is 5.75 Å². The molecule has 0 spiro atoms. The van der Waals surface area contributed by atoms with Gasteiger partial charge in [0, 0.05) is 0 Å². The maximum atomic E-state index is 13.0. The first kappa shape index (κ1) is 18.9. The molecule has 4 rings (SSSR count). The zero-order chi connectivity index (χ0) is 20.2. The minimum absolute atomic E-state index is 0.225. The molecule has 2 heterocycles. The van der Waals surface area contributed by atoms with Crippen molar-refractivity contribution in [3.63, 3.8) is 0 Å². The fraction of sp³-hybridized carbons (Fsp3) is 0.136. The molecule has 0 radical (unpaired) electrons. The summed E-state index contributed by atoms with van der Waals surface area (Å²) in [4.78, 5) is 22.8. The summed E-state index contributed by atoms with van der Waals surface area (Å²) in [7, 11) is 0. The van der Waals surface area contributed by atoms with Gasteiger partial charge in [0.05, 0.1) is 22.6 Å². The predicted octanol–water partition coefficient (Wildman–Crippen LogP) is 5.44. The van der Waals surface area contributed by atoms with E-state index in [1.54, 1.807) is 0 Å². The molecule has 0 bridgehead atoms. The molecule has 0 saturated heterocycles. The van der Waals surface area contributed by atoms with Crippen LogP contribution in [0, 0.1) is 6.92 Å². The van der Waals surface area contributed by atoms with Gasteiger partial charge in [-0.25, -0.2) is 9.97 Å². The Labute approximate surface area is 172 Å². The summed E-state index contributed by atoms with van der Waals surface area (Å²) >= 11 is 1.32. The highest BCUT2D eigenvalue weighted by molar-refractivity contribution is 7.20. The average molecular weight is 405 g/mol. The van der Waals surface area contributed by atoms with Crippen molar-refractivity contribution < 1.29 is 14.3 Å². The van der Waals surface area contributed by atoms with Crippen LogP contribution in [0.15, 0.2) is 60.9 Å². The predicted molar refractivity (Wildman–Crippen MR) is 114 cm³/mol. The van der Waals surface area contributed by atoms with Crippen LogP contribution < -0.4 is 14.8 Å². The Hall–Kier alpha value is -3.45. The Morgan fingerprint density at radius 1 is 1.07 bits per heavy atom. The second-order valence-corrected chi connectivity index (χ2v) is 7.21. The lowest BCUT2D eigenvalue weighted by atomic mass is 10.2. The van der Waals surface area contributed by atoms with Crippen molar-refractivity contribution in [2.45, 2.75) is 13.8 Å². The third-order valence-corrected chi connectivity index (χ3v) is 5.48. The van der Waals surface area contributed by atoms with Crippen LogP contribution in [0.4, 0.5) is 5.69 Å².